The number of hydrogen-bond donors (Lipinski definition) is 1. The quantitative estimate of drug-likeness (QED) is 0.331. The van der Waals surface area contributed by atoms with Gasteiger partial charge in [-0.1, -0.05) is 57.2 Å². The Kier molecular flexibility index (Phi) is 5.83. The largest absolute Gasteiger partial charge is 0.423 e. The summed E-state index contributed by atoms with van der Waals surface area (Å²) < 4.78 is 5.11. The number of H-pyrrole nitrogens is 1. The smallest absolute Gasteiger partial charge is 0.319 e. The first-order valence-corrected chi connectivity index (χ1v) is 11.1. The van der Waals surface area contributed by atoms with Gasteiger partial charge in [0.25, 0.3) is 5.56 Å². The lowest BCUT2D eigenvalue weighted by atomic mass is 9.75. The molecule has 0 atom stereocenters. The van der Waals surface area contributed by atoms with E-state index in [4.69, 9.17) is 4.74 Å². The van der Waals surface area contributed by atoms with Crippen molar-refractivity contribution in [3.05, 3.63) is 81.8 Å². The van der Waals surface area contributed by atoms with Gasteiger partial charge in [0.05, 0.1) is 0 Å². The summed E-state index contributed by atoms with van der Waals surface area (Å²) in [5.41, 5.74) is 2.61. The number of ketones is 1. The molecule has 0 amide bonds. The highest BCUT2D eigenvalue weighted by Gasteiger charge is 2.35. The van der Waals surface area contributed by atoms with E-state index in [-0.39, 0.29) is 23.5 Å². The van der Waals surface area contributed by atoms with E-state index >= 15 is 0 Å². The van der Waals surface area contributed by atoms with E-state index < -0.39 is 11.4 Å². The number of esters is 1. The van der Waals surface area contributed by atoms with Crippen molar-refractivity contribution in [2.45, 2.75) is 51.9 Å². The summed E-state index contributed by atoms with van der Waals surface area (Å²) in [5.74, 6) is -0.838. The Morgan fingerprint density at radius 2 is 1.78 bits per heavy atom. The molecule has 0 radical (unpaired) electrons. The first-order valence-electron chi connectivity index (χ1n) is 11.1. The van der Waals surface area contributed by atoms with E-state index in [0.717, 1.165) is 17.7 Å². The minimum absolute atomic E-state index is 0.0452. The molecule has 1 saturated heterocycles. The molecule has 164 valence electrons. The lowest BCUT2D eigenvalue weighted by Crippen LogP contribution is -2.31. The van der Waals surface area contributed by atoms with Crippen LogP contribution in [0, 0.1) is 0 Å². The topological polar surface area (TPSA) is 76.2 Å². The Morgan fingerprint density at radius 3 is 2.41 bits per heavy atom. The number of hydrogen-bond acceptors (Lipinski definition) is 4. The molecule has 1 aliphatic rings. The lowest BCUT2D eigenvalue weighted by molar-refractivity contribution is -0.135. The molecule has 1 aromatic heterocycles. The average molecular weight is 430 g/mol. The molecular formula is C27H27NO4. The standard InChI is InChI=1S/C27H27NO4/c1-4-17-8-7-9-18-10-11-19(14-20(17)18)22-13-12-21(26(31)28-22)27(5-2,6-3)16-24-23(29)15-25(30)32-24/h7-14,16H,4-6,15H2,1-3H3,(H,28,31)/b24-16-. The van der Waals surface area contributed by atoms with Crippen molar-refractivity contribution in [1.29, 1.82) is 0 Å². The van der Waals surface area contributed by atoms with E-state index in [9.17, 15) is 14.4 Å². The number of fused-ring (bicyclic) bond motifs is 1. The second-order valence-electron chi connectivity index (χ2n) is 8.27. The number of benzene rings is 2. The third-order valence-corrected chi connectivity index (χ3v) is 6.58. The summed E-state index contributed by atoms with van der Waals surface area (Å²) in [6, 6.07) is 16.2. The first-order chi connectivity index (χ1) is 15.4. The van der Waals surface area contributed by atoms with Crippen molar-refractivity contribution in [2.75, 3.05) is 0 Å². The zero-order chi connectivity index (χ0) is 22.9. The average Bonchev–Trinajstić information content (AvgIpc) is 3.13. The van der Waals surface area contributed by atoms with Gasteiger partial charge in [0.2, 0.25) is 5.78 Å². The van der Waals surface area contributed by atoms with Crippen LogP contribution in [0.3, 0.4) is 0 Å². The lowest BCUT2D eigenvalue weighted by Gasteiger charge is -2.28. The van der Waals surface area contributed by atoms with Crippen LogP contribution >= 0.6 is 0 Å². The highest BCUT2D eigenvalue weighted by atomic mass is 16.5. The van der Waals surface area contributed by atoms with Crippen LogP contribution in [-0.4, -0.2) is 16.7 Å². The number of rotatable bonds is 6. The molecule has 1 aliphatic heterocycles. The number of cyclic esters (lactones) is 1. The number of aryl methyl sites for hydroxylation is 1. The van der Waals surface area contributed by atoms with Crippen LogP contribution in [-0.2, 0) is 26.2 Å². The SMILES string of the molecule is CCc1cccc2ccc(-c3ccc(C(/C=C4\OC(=O)CC4=O)(CC)CC)c(=O)[nH]3)cc12. The number of Topliss-reactive ketones (excluding diaryl/α,β-unsaturated/α-hetero) is 1. The molecule has 0 saturated carbocycles. The molecule has 0 spiro atoms. The van der Waals surface area contributed by atoms with Crippen molar-refractivity contribution < 1.29 is 14.3 Å². The van der Waals surface area contributed by atoms with Crippen LogP contribution in [0.4, 0.5) is 0 Å². The predicted molar refractivity (Wildman–Crippen MR) is 125 cm³/mol. The van der Waals surface area contributed by atoms with Crippen LogP contribution in [0.2, 0.25) is 0 Å². The summed E-state index contributed by atoms with van der Waals surface area (Å²) in [6.45, 7) is 6.06. The van der Waals surface area contributed by atoms with Gasteiger partial charge in [-0.15, -0.1) is 0 Å². The second kappa shape index (κ2) is 8.58. The van der Waals surface area contributed by atoms with Crippen LogP contribution in [0.5, 0.6) is 0 Å². The maximum atomic E-state index is 13.2. The zero-order valence-electron chi connectivity index (χ0n) is 18.7. The number of aromatic nitrogens is 1. The summed E-state index contributed by atoms with van der Waals surface area (Å²) in [6.07, 6.45) is 3.54. The zero-order valence-corrected chi connectivity index (χ0v) is 18.7. The highest BCUT2D eigenvalue weighted by molar-refractivity contribution is 6.10. The number of pyridine rings is 1. The van der Waals surface area contributed by atoms with Gasteiger partial charge < -0.3 is 9.72 Å². The molecular weight excluding hydrogens is 402 g/mol. The van der Waals surface area contributed by atoms with Gasteiger partial charge in [0, 0.05) is 16.7 Å². The van der Waals surface area contributed by atoms with Gasteiger partial charge in [-0.2, -0.15) is 0 Å². The minimum Gasteiger partial charge on any atom is -0.423 e. The van der Waals surface area contributed by atoms with Gasteiger partial charge in [-0.3, -0.25) is 14.4 Å². The molecule has 3 aromatic rings. The highest BCUT2D eigenvalue weighted by Crippen LogP contribution is 2.35. The first kappa shape index (κ1) is 21.8. The van der Waals surface area contributed by atoms with Crippen LogP contribution < -0.4 is 5.56 Å². The summed E-state index contributed by atoms with van der Waals surface area (Å²) in [5, 5.41) is 2.35. The summed E-state index contributed by atoms with van der Waals surface area (Å²) in [7, 11) is 0. The van der Waals surface area contributed by atoms with Crippen molar-refractivity contribution >= 4 is 22.5 Å². The third kappa shape index (κ3) is 3.79. The molecule has 2 aromatic carbocycles. The molecule has 0 bridgehead atoms. The van der Waals surface area contributed by atoms with E-state index in [1.54, 1.807) is 6.08 Å². The van der Waals surface area contributed by atoms with Crippen molar-refractivity contribution in [3.8, 4) is 11.3 Å². The molecule has 4 rings (SSSR count). The van der Waals surface area contributed by atoms with Gasteiger partial charge in [-0.25, -0.2) is 0 Å². The molecule has 0 unspecified atom stereocenters. The fourth-order valence-electron chi connectivity index (χ4n) is 4.55. The van der Waals surface area contributed by atoms with E-state index in [1.165, 1.54) is 16.3 Å². The molecule has 2 heterocycles. The normalized spacial score (nSPS) is 15.5. The van der Waals surface area contributed by atoms with E-state index in [0.29, 0.717) is 18.4 Å². The molecule has 5 nitrogen and oxygen atoms in total. The maximum absolute atomic E-state index is 13.2. The molecule has 32 heavy (non-hydrogen) atoms. The van der Waals surface area contributed by atoms with E-state index in [1.807, 2.05) is 32.0 Å². The van der Waals surface area contributed by atoms with Crippen LogP contribution in [0.25, 0.3) is 22.0 Å². The van der Waals surface area contributed by atoms with Crippen LogP contribution in [0.15, 0.2) is 65.2 Å². The Hall–Kier alpha value is -3.47. The minimum atomic E-state index is -0.694. The van der Waals surface area contributed by atoms with Gasteiger partial charge in [0.15, 0.2) is 5.76 Å². The Morgan fingerprint density at radius 1 is 1.00 bits per heavy atom. The second-order valence-corrected chi connectivity index (χ2v) is 8.27. The van der Waals surface area contributed by atoms with Crippen molar-refractivity contribution in [2.24, 2.45) is 0 Å². The monoisotopic (exact) mass is 429 g/mol. The van der Waals surface area contributed by atoms with Crippen molar-refractivity contribution in [3.63, 3.8) is 0 Å². The Bertz CT molecular complexity index is 1290. The summed E-state index contributed by atoms with van der Waals surface area (Å²) in [4.78, 5) is 39.9. The molecule has 1 fully saturated rings. The number of aromatic amines is 1. The number of carbonyl (C=O) groups is 2. The van der Waals surface area contributed by atoms with Gasteiger partial charge in [-0.05, 0) is 59.4 Å². The van der Waals surface area contributed by atoms with Gasteiger partial charge >= 0.3 is 5.97 Å². The summed E-state index contributed by atoms with van der Waals surface area (Å²) >= 11 is 0. The third-order valence-electron chi connectivity index (χ3n) is 6.58. The Labute approximate surface area is 187 Å². The molecule has 5 heteroatoms. The Balaban J connectivity index is 1.78. The van der Waals surface area contributed by atoms with Crippen LogP contribution in [0.1, 0.15) is 51.2 Å². The number of nitrogens with one attached hydrogen (secondary N) is 1. The fourth-order valence-corrected chi connectivity index (χ4v) is 4.55. The van der Waals surface area contributed by atoms with E-state index in [2.05, 4.69) is 42.2 Å². The fraction of sp³-hybridized carbons (Fsp3) is 0.296. The maximum Gasteiger partial charge on any atom is 0.319 e. The molecule has 1 N–H and O–H groups in total. The van der Waals surface area contributed by atoms with Crippen molar-refractivity contribution in [1.82, 2.24) is 4.98 Å². The number of carbonyl (C=O) groups excluding carboxylic acids is 2. The predicted octanol–water partition coefficient (Wildman–Crippen LogP) is 5.22. The number of allylic oxidation sites excluding steroid dienone is 2. The molecule has 0 aliphatic carbocycles. The number of ether oxygens (including phenoxy) is 1. The van der Waals surface area contributed by atoms with Gasteiger partial charge in [0.1, 0.15) is 6.42 Å².